The topological polar surface area (TPSA) is 78.4 Å². The first-order valence-electron chi connectivity index (χ1n) is 9.04. The number of carbonyl (C=O) groups is 1. The van der Waals surface area contributed by atoms with Crippen molar-refractivity contribution in [3.05, 3.63) is 48.0 Å². The van der Waals surface area contributed by atoms with E-state index in [1.165, 1.54) is 6.21 Å². The maximum atomic E-state index is 11.9. The van der Waals surface area contributed by atoms with E-state index in [2.05, 4.69) is 10.5 Å². The van der Waals surface area contributed by atoms with Gasteiger partial charge in [0.15, 0.2) is 29.6 Å². The zero-order valence-electron chi connectivity index (χ0n) is 16.6. The molecule has 0 bridgehead atoms. The van der Waals surface area contributed by atoms with Crippen molar-refractivity contribution in [2.75, 3.05) is 20.3 Å². The zero-order chi connectivity index (χ0) is 20.4. The average molecular weight is 386 g/mol. The Morgan fingerprint density at radius 2 is 1.79 bits per heavy atom. The second-order valence-electron chi connectivity index (χ2n) is 6.04. The monoisotopic (exact) mass is 386 g/mol. The molecule has 0 unspecified atom stereocenters. The quantitative estimate of drug-likeness (QED) is 0.500. The van der Waals surface area contributed by atoms with Gasteiger partial charge in [0.2, 0.25) is 0 Å². The summed E-state index contributed by atoms with van der Waals surface area (Å²) in [6.07, 6.45) is 1.56. The maximum absolute atomic E-state index is 11.9. The summed E-state index contributed by atoms with van der Waals surface area (Å²) in [5.74, 6) is 1.97. The van der Waals surface area contributed by atoms with E-state index < -0.39 is 0 Å². The molecule has 7 nitrogen and oxygen atoms in total. The molecule has 0 aliphatic heterocycles. The Labute approximate surface area is 165 Å². The third kappa shape index (κ3) is 6.50. The van der Waals surface area contributed by atoms with Gasteiger partial charge in [-0.25, -0.2) is 5.43 Å². The molecule has 150 valence electrons. The molecule has 2 aromatic rings. The van der Waals surface area contributed by atoms with Crippen molar-refractivity contribution in [2.24, 2.45) is 5.10 Å². The second kappa shape index (κ2) is 10.8. The van der Waals surface area contributed by atoms with Crippen LogP contribution >= 0.6 is 0 Å². The molecule has 0 aliphatic rings. The molecule has 28 heavy (non-hydrogen) atoms. The molecule has 0 heterocycles. The molecule has 0 spiro atoms. The number of rotatable bonds is 10. The lowest BCUT2D eigenvalue weighted by Crippen LogP contribution is -2.24. The van der Waals surface area contributed by atoms with Gasteiger partial charge in [0.25, 0.3) is 5.91 Å². The van der Waals surface area contributed by atoms with E-state index in [-0.39, 0.29) is 18.6 Å². The first-order chi connectivity index (χ1) is 13.5. The van der Waals surface area contributed by atoms with Gasteiger partial charge < -0.3 is 18.9 Å². The van der Waals surface area contributed by atoms with Crippen molar-refractivity contribution < 1.29 is 23.7 Å². The minimum Gasteiger partial charge on any atom is -0.493 e. The smallest absolute Gasteiger partial charge is 0.277 e. The summed E-state index contributed by atoms with van der Waals surface area (Å²) in [6, 6.07) is 12.6. The standard InChI is InChI=1S/C21H26N2O5/c1-5-26-17-8-6-7-9-18(17)27-14-21(24)23-22-13-16-10-11-19(28-15(2)3)20(12-16)25-4/h6-13,15H,5,14H2,1-4H3,(H,23,24)/b22-13+. The van der Waals surface area contributed by atoms with Crippen molar-refractivity contribution in [2.45, 2.75) is 26.9 Å². The van der Waals surface area contributed by atoms with Crippen molar-refractivity contribution in [1.29, 1.82) is 0 Å². The predicted molar refractivity (Wildman–Crippen MR) is 108 cm³/mol. The number of hydrogen-bond donors (Lipinski definition) is 1. The lowest BCUT2D eigenvalue weighted by Gasteiger charge is -2.13. The van der Waals surface area contributed by atoms with Crippen molar-refractivity contribution in [3.8, 4) is 23.0 Å². The molecule has 2 rings (SSSR count). The normalized spacial score (nSPS) is 10.8. The first-order valence-corrected chi connectivity index (χ1v) is 9.04. The fraction of sp³-hybridized carbons (Fsp3) is 0.333. The maximum Gasteiger partial charge on any atom is 0.277 e. The molecule has 0 aliphatic carbocycles. The van der Waals surface area contributed by atoms with Crippen molar-refractivity contribution >= 4 is 12.1 Å². The Kier molecular flexibility index (Phi) is 8.14. The fourth-order valence-electron chi connectivity index (χ4n) is 2.31. The number of hydrogen-bond acceptors (Lipinski definition) is 6. The number of carbonyl (C=O) groups excluding carboxylic acids is 1. The molecule has 7 heteroatoms. The van der Waals surface area contributed by atoms with Gasteiger partial charge in [-0.05, 0) is 56.7 Å². The number of nitrogens with one attached hydrogen (secondary N) is 1. The van der Waals surface area contributed by atoms with Crippen LogP contribution in [0, 0.1) is 0 Å². The molecule has 1 N–H and O–H groups in total. The van der Waals surface area contributed by atoms with Crippen LogP contribution in [0.25, 0.3) is 0 Å². The van der Waals surface area contributed by atoms with E-state index in [0.29, 0.717) is 29.6 Å². The number of para-hydroxylation sites is 2. The largest absolute Gasteiger partial charge is 0.493 e. The van der Waals surface area contributed by atoms with E-state index in [1.807, 2.05) is 39.0 Å². The predicted octanol–water partition coefficient (Wildman–Crippen LogP) is 3.41. The molecule has 1 amide bonds. The number of hydrazone groups is 1. The molecule has 0 radical (unpaired) electrons. The van der Waals surface area contributed by atoms with E-state index in [1.54, 1.807) is 31.4 Å². The number of ether oxygens (including phenoxy) is 4. The summed E-state index contributed by atoms with van der Waals surface area (Å²) in [6.45, 7) is 6.11. The molecule has 0 saturated heterocycles. The van der Waals surface area contributed by atoms with E-state index in [9.17, 15) is 4.79 Å². The highest BCUT2D eigenvalue weighted by Crippen LogP contribution is 2.28. The molecular formula is C21H26N2O5. The van der Waals surface area contributed by atoms with Gasteiger partial charge in [0, 0.05) is 0 Å². The van der Waals surface area contributed by atoms with Gasteiger partial charge in [0.1, 0.15) is 0 Å². The van der Waals surface area contributed by atoms with Crippen LogP contribution in [0.3, 0.4) is 0 Å². The van der Waals surface area contributed by atoms with Crippen LogP contribution in [-0.2, 0) is 4.79 Å². The summed E-state index contributed by atoms with van der Waals surface area (Å²) in [5, 5.41) is 3.95. The minimum absolute atomic E-state index is 0.0422. The summed E-state index contributed by atoms with van der Waals surface area (Å²) < 4.78 is 21.9. The van der Waals surface area contributed by atoms with Gasteiger partial charge >= 0.3 is 0 Å². The van der Waals surface area contributed by atoms with Gasteiger partial charge in [-0.1, -0.05) is 12.1 Å². The summed E-state index contributed by atoms with van der Waals surface area (Å²) in [5.41, 5.74) is 3.19. The van der Waals surface area contributed by atoms with Gasteiger partial charge in [-0.15, -0.1) is 0 Å². The van der Waals surface area contributed by atoms with E-state index >= 15 is 0 Å². The fourth-order valence-corrected chi connectivity index (χ4v) is 2.31. The highest BCUT2D eigenvalue weighted by Gasteiger charge is 2.08. The van der Waals surface area contributed by atoms with Gasteiger partial charge in [0.05, 0.1) is 26.0 Å². The summed E-state index contributed by atoms with van der Waals surface area (Å²) in [4.78, 5) is 11.9. The molecule has 0 fully saturated rings. The lowest BCUT2D eigenvalue weighted by molar-refractivity contribution is -0.123. The van der Waals surface area contributed by atoms with Crippen LogP contribution < -0.4 is 24.4 Å². The Morgan fingerprint density at radius 1 is 1.07 bits per heavy atom. The molecule has 0 atom stereocenters. The average Bonchev–Trinajstić information content (AvgIpc) is 2.68. The Hall–Kier alpha value is -3.22. The van der Waals surface area contributed by atoms with E-state index in [0.717, 1.165) is 5.56 Å². The zero-order valence-corrected chi connectivity index (χ0v) is 16.6. The second-order valence-corrected chi connectivity index (χ2v) is 6.04. The van der Waals surface area contributed by atoms with Gasteiger partial charge in [-0.3, -0.25) is 4.79 Å². The van der Waals surface area contributed by atoms with Crippen LogP contribution in [-0.4, -0.2) is 38.5 Å². The Morgan fingerprint density at radius 3 is 2.43 bits per heavy atom. The molecule has 0 aromatic heterocycles. The van der Waals surface area contributed by atoms with Crippen molar-refractivity contribution in [1.82, 2.24) is 5.43 Å². The molecular weight excluding hydrogens is 360 g/mol. The molecule has 0 saturated carbocycles. The highest BCUT2D eigenvalue weighted by molar-refractivity contribution is 5.83. The Balaban J connectivity index is 1.89. The highest BCUT2D eigenvalue weighted by atomic mass is 16.5. The number of nitrogens with zero attached hydrogens (tertiary/aromatic N) is 1. The minimum atomic E-state index is -0.380. The first kappa shape index (κ1) is 21.1. The van der Waals surface area contributed by atoms with Crippen molar-refractivity contribution in [3.63, 3.8) is 0 Å². The summed E-state index contributed by atoms with van der Waals surface area (Å²) in [7, 11) is 1.57. The SMILES string of the molecule is CCOc1ccccc1OCC(=O)N/N=C/c1ccc(OC(C)C)c(OC)c1. The summed E-state index contributed by atoms with van der Waals surface area (Å²) >= 11 is 0. The third-order valence-electron chi connectivity index (χ3n) is 3.46. The van der Waals surface area contributed by atoms with Crippen LogP contribution in [0.4, 0.5) is 0 Å². The number of methoxy groups -OCH3 is 1. The van der Waals surface area contributed by atoms with E-state index in [4.69, 9.17) is 18.9 Å². The van der Waals surface area contributed by atoms with Crippen LogP contribution in [0.5, 0.6) is 23.0 Å². The third-order valence-corrected chi connectivity index (χ3v) is 3.46. The lowest BCUT2D eigenvalue weighted by atomic mass is 10.2. The van der Waals surface area contributed by atoms with Gasteiger partial charge in [-0.2, -0.15) is 5.10 Å². The van der Waals surface area contributed by atoms with Crippen LogP contribution in [0.15, 0.2) is 47.6 Å². The number of amides is 1. The molecule has 2 aromatic carbocycles. The number of benzene rings is 2. The Bertz CT molecular complexity index is 805. The van der Waals surface area contributed by atoms with Crippen LogP contribution in [0.2, 0.25) is 0 Å². The van der Waals surface area contributed by atoms with Crippen LogP contribution in [0.1, 0.15) is 26.3 Å².